The summed E-state index contributed by atoms with van der Waals surface area (Å²) in [7, 11) is -2.04. The summed E-state index contributed by atoms with van der Waals surface area (Å²) in [6.45, 7) is 7.28. The molecule has 0 saturated carbocycles. The van der Waals surface area contributed by atoms with Crippen molar-refractivity contribution in [3.8, 4) is 17.6 Å². The molecule has 2 rings (SSSR count). The van der Waals surface area contributed by atoms with Gasteiger partial charge in [0, 0.05) is 30.6 Å². The lowest BCUT2D eigenvalue weighted by Gasteiger charge is -2.36. The molecule has 0 aliphatic carbocycles. The first kappa shape index (κ1) is 22.7. The second-order valence-electron chi connectivity index (χ2n) is 7.77. The van der Waals surface area contributed by atoms with Gasteiger partial charge in [0.15, 0.2) is 0 Å². The number of rotatable bonds is 4. The molecule has 0 amide bonds. The van der Waals surface area contributed by atoms with E-state index in [1.165, 1.54) is 10.4 Å². The molecule has 156 valence electrons. The molecule has 3 atom stereocenters. The number of fused-ring (bicyclic) bond motifs is 1. The largest absolute Gasteiger partial charge is 0.487 e. The Balaban J connectivity index is 2.61. The Morgan fingerprint density at radius 3 is 2.68 bits per heavy atom. The van der Waals surface area contributed by atoms with Gasteiger partial charge in [0.1, 0.15) is 22.4 Å². The summed E-state index contributed by atoms with van der Waals surface area (Å²) in [5, 5.41) is 22.5. The number of hydrogen-bond donors (Lipinski definition) is 3. The highest BCUT2D eigenvalue weighted by Gasteiger charge is 2.37. The fourth-order valence-electron chi connectivity index (χ4n) is 2.97. The number of ether oxygens (including phenoxy) is 1. The van der Waals surface area contributed by atoms with Crippen LogP contribution < -0.4 is 10.1 Å². The molecular weight excluding hydrogens is 380 g/mol. The van der Waals surface area contributed by atoms with Gasteiger partial charge in [-0.25, -0.2) is 8.42 Å². The molecule has 1 aliphatic rings. The molecule has 0 fully saturated rings. The Morgan fingerprint density at radius 2 is 2.11 bits per heavy atom. The molecule has 0 radical (unpaired) electrons. The zero-order valence-corrected chi connectivity index (χ0v) is 17.9. The first-order chi connectivity index (χ1) is 13.0. The van der Waals surface area contributed by atoms with E-state index in [-0.39, 0.29) is 35.8 Å². The summed E-state index contributed by atoms with van der Waals surface area (Å²) < 4.78 is 34.0. The van der Waals surface area contributed by atoms with Crippen molar-refractivity contribution >= 4 is 10.0 Å². The van der Waals surface area contributed by atoms with E-state index in [1.807, 2.05) is 14.0 Å². The Labute approximate surface area is 167 Å². The number of benzene rings is 1. The molecule has 1 aromatic carbocycles. The molecule has 8 heteroatoms. The Bertz CT molecular complexity index is 852. The van der Waals surface area contributed by atoms with Gasteiger partial charge in [-0.3, -0.25) is 0 Å². The highest BCUT2D eigenvalue weighted by molar-refractivity contribution is 7.89. The van der Waals surface area contributed by atoms with Crippen LogP contribution in [0.2, 0.25) is 0 Å². The standard InChI is InChI=1S/C20H30N2O5S/c1-14-12-22(15(2)13-23)28(25,26)19-7-6-16(8-9-20(3,4)24)10-17(19)27-18(14)11-21-5/h6-7,10,14-15,18,21,23-24H,11-13H2,1-5H3/t14-,15+,18+/m1/s1. The third-order valence-corrected chi connectivity index (χ3v) is 6.60. The average Bonchev–Trinajstić information content (AvgIpc) is 2.61. The number of nitrogens with zero attached hydrogens (tertiary/aromatic N) is 1. The SMILES string of the molecule is CNC[C@@H]1Oc2cc(C#CC(C)(C)O)ccc2S(=O)(=O)N([C@@H](C)CO)C[C@H]1C. The molecule has 0 unspecified atom stereocenters. The quantitative estimate of drug-likeness (QED) is 0.635. The molecule has 3 N–H and O–H groups in total. The van der Waals surface area contributed by atoms with Crippen molar-refractivity contribution in [3.05, 3.63) is 23.8 Å². The summed E-state index contributed by atoms with van der Waals surface area (Å²) in [4.78, 5) is 0.0506. The summed E-state index contributed by atoms with van der Waals surface area (Å²) >= 11 is 0. The number of aliphatic hydroxyl groups is 2. The van der Waals surface area contributed by atoms with Crippen molar-refractivity contribution in [2.75, 3.05) is 26.7 Å². The minimum atomic E-state index is -3.86. The summed E-state index contributed by atoms with van der Waals surface area (Å²) in [5.41, 5.74) is -0.609. The lowest BCUT2D eigenvalue weighted by atomic mass is 10.0. The van der Waals surface area contributed by atoms with E-state index >= 15 is 0 Å². The lowest BCUT2D eigenvalue weighted by Crippen LogP contribution is -2.49. The predicted octanol–water partition coefficient (Wildman–Crippen LogP) is 0.797. The maximum atomic E-state index is 13.3. The molecule has 0 saturated heterocycles. The topological polar surface area (TPSA) is 99.1 Å². The van der Waals surface area contributed by atoms with Gasteiger partial charge >= 0.3 is 0 Å². The summed E-state index contributed by atoms with van der Waals surface area (Å²) in [5.74, 6) is 5.70. The first-order valence-electron chi connectivity index (χ1n) is 9.33. The average molecular weight is 411 g/mol. The van der Waals surface area contributed by atoms with Crippen LogP contribution in [0.1, 0.15) is 33.3 Å². The van der Waals surface area contributed by atoms with E-state index in [0.29, 0.717) is 12.1 Å². The summed E-state index contributed by atoms with van der Waals surface area (Å²) in [6.07, 6.45) is -0.259. The molecule has 1 heterocycles. The zero-order valence-electron chi connectivity index (χ0n) is 17.1. The maximum absolute atomic E-state index is 13.3. The number of sulfonamides is 1. The monoisotopic (exact) mass is 410 g/mol. The number of nitrogens with one attached hydrogen (secondary N) is 1. The zero-order chi connectivity index (χ0) is 21.1. The van der Waals surface area contributed by atoms with E-state index in [1.54, 1.807) is 32.9 Å². The van der Waals surface area contributed by atoms with Crippen LogP contribution in [0.15, 0.2) is 23.1 Å². The van der Waals surface area contributed by atoms with Gasteiger partial charge in [0.25, 0.3) is 0 Å². The predicted molar refractivity (Wildman–Crippen MR) is 108 cm³/mol. The van der Waals surface area contributed by atoms with Gasteiger partial charge in [-0.1, -0.05) is 18.8 Å². The highest BCUT2D eigenvalue weighted by atomic mass is 32.2. The van der Waals surface area contributed by atoms with Crippen LogP contribution in [0.5, 0.6) is 5.75 Å². The van der Waals surface area contributed by atoms with Crippen LogP contribution in [0, 0.1) is 17.8 Å². The second kappa shape index (κ2) is 8.80. The van der Waals surface area contributed by atoms with E-state index in [0.717, 1.165) is 0 Å². The molecule has 7 nitrogen and oxygen atoms in total. The number of likely N-dealkylation sites (N-methyl/N-ethyl adjacent to an activating group) is 1. The minimum absolute atomic E-state index is 0.0506. The van der Waals surface area contributed by atoms with Crippen LogP contribution in [0.4, 0.5) is 0 Å². The van der Waals surface area contributed by atoms with Gasteiger partial charge in [-0.2, -0.15) is 4.31 Å². The van der Waals surface area contributed by atoms with Crippen molar-refractivity contribution in [2.45, 2.75) is 50.3 Å². The highest BCUT2D eigenvalue weighted by Crippen LogP contribution is 2.33. The maximum Gasteiger partial charge on any atom is 0.247 e. The molecule has 1 aromatic rings. The van der Waals surface area contributed by atoms with E-state index < -0.39 is 21.7 Å². The van der Waals surface area contributed by atoms with Crippen molar-refractivity contribution in [1.29, 1.82) is 0 Å². The Kier molecular flexibility index (Phi) is 7.12. The van der Waals surface area contributed by atoms with Crippen molar-refractivity contribution in [3.63, 3.8) is 0 Å². The van der Waals surface area contributed by atoms with Gasteiger partial charge < -0.3 is 20.3 Å². The fraction of sp³-hybridized carbons (Fsp3) is 0.600. The molecular formula is C20H30N2O5S. The lowest BCUT2D eigenvalue weighted by molar-refractivity contribution is 0.103. The van der Waals surface area contributed by atoms with E-state index in [9.17, 15) is 18.6 Å². The van der Waals surface area contributed by atoms with Crippen LogP contribution in [-0.4, -0.2) is 67.4 Å². The summed E-state index contributed by atoms with van der Waals surface area (Å²) in [6, 6.07) is 4.11. The van der Waals surface area contributed by atoms with Crippen LogP contribution in [0.25, 0.3) is 0 Å². The van der Waals surface area contributed by atoms with Gasteiger partial charge in [-0.05, 0) is 46.0 Å². The van der Waals surface area contributed by atoms with Gasteiger partial charge in [-0.15, -0.1) is 0 Å². The molecule has 1 aliphatic heterocycles. The van der Waals surface area contributed by atoms with Crippen LogP contribution in [0.3, 0.4) is 0 Å². The Morgan fingerprint density at radius 1 is 1.43 bits per heavy atom. The minimum Gasteiger partial charge on any atom is -0.487 e. The second-order valence-corrected chi connectivity index (χ2v) is 9.63. The van der Waals surface area contributed by atoms with Crippen LogP contribution >= 0.6 is 0 Å². The van der Waals surface area contributed by atoms with Crippen molar-refractivity contribution in [2.24, 2.45) is 5.92 Å². The number of hydrogen-bond acceptors (Lipinski definition) is 6. The first-order valence-corrected chi connectivity index (χ1v) is 10.8. The van der Waals surface area contributed by atoms with Crippen molar-refractivity contribution in [1.82, 2.24) is 9.62 Å². The fourth-order valence-corrected chi connectivity index (χ4v) is 4.80. The van der Waals surface area contributed by atoms with Gasteiger partial charge in [0.05, 0.1) is 6.61 Å². The third kappa shape index (κ3) is 5.25. The number of aliphatic hydroxyl groups excluding tert-OH is 1. The van der Waals surface area contributed by atoms with Crippen molar-refractivity contribution < 1.29 is 23.4 Å². The molecule has 0 aromatic heterocycles. The molecule has 0 spiro atoms. The molecule has 0 bridgehead atoms. The van der Waals surface area contributed by atoms with E-state index in [4.69, 9.17) is 4.74 Å². The Hall–Kier alpha value is -1.63. The molecule has 28 heavy (non-hydrogen) atoms. The van der Waals surface area contributed by atoms with Crippen LogP contribution in [-0.2, 0) is 10.0 Å². The smallest absolute Gasteiger partial charge is 0.247 e. The normalized spacial score (nSPS) is 23.4. The van der Waals surface area contributed by atoms with Gasteiger partial charge in [0.2, 0.25) is 10.0 Å². The third-order valence-electron chi connectivity index (χ3n) is 4.59. The van der Waals surface area contributed by atoms with E-state index in [2.05, 4.69) is 17.2 Å².